The van der Waals surface area contributed by atoms with Crippen molar-refractivity contribution >= 4 is 33.3 Å². The van der Waals surface area contributed by atoms with Crippen LogP contribution in [0.3, 0.4) is 0 Å². The van der Waals surface area contributed by atoms with Gasteiger partial charge < -0.3 is 11.1 Å². The highest BCUT2D eigenvalue weighted by molar-refractivity contribution is 9.10. The first-order chi connectivity index (χ1) is 9.54. The van der Waals surface area contributed by atoms with E-state index in [2.05, 4.69) is 26.2 Å². The second-order valence-electron chi connectivity index (χ2n) is 4.61. The predicted molar refractivity (Wildman–Crippen MR) is 84.5 cm³/mol. The molecule has 0 atom stereocenters. The van der Waals surface area contributed by atoms with Crippen LogP contribution in [0.15, 0.2) is 41.0 Å². The Morgan fingerprint density at radius 3 is 2.70 bits per heavy atom. The number of carbonyl (C=O) groups excluding carboxylic acids is 1. The van der Waals surface area contributed by atoms with E-state index in [-0.39, 0.29) is 5.91 Å². The molecule has 2 aromatic rings. The zero-order chi connectivity index (χ0) is 14.5. The smallest absolute Gasteiger partial charge is 0.225 e. The summed E-state index contributed by atoms with van der Waals surface area (Å²) in [6.07, 6.45) is 2.78. The Morgan fingerprint density at radius 2 is 2.05 bits per heavy atom. The van der Waals surface area contributed by atoms with Gasteiger partial charge in [-0.1, -0.05) is 12.1 Å². The van der Waals surface area contributed by atoms with Gasteiger partial charge in [-0.3, -0.25) is 4.79 Å². The molecule has 4 nitrogen and oxygen atoms in total. The van der Waals surface area contributed by atoms with Crippen molar-refractivity contribution in [2.24, 2.45) is 0 Å². The molecule has 2 rings (SSSR count). The number of aromatic nitrogens is 1. The molecule has 0 unspecified atom stereocenters. The van der Waals surface area contributed by atoms with Gasteiger partial charge in [-0.15, -0.1) is 0 Å². The summed E-state index contributed by atoms with van der Waals surface area (Å²) in [5, 5.41) is 2.80. The summed E-state index contributed by atoms with van der Waals surface area (Å²) in [5.74, 6) is 0.532. The van der Waals surface area contributed by atoms with Crippen molar-refractivity contribution in [1.29, 1.82) is 0 Å². The molecule has 0 aliphatic heterocycles. The largest absolute Gasteiger partial charge is 0.399 e. The third kappa shape index (κ3) is 4.06. The molecule has 0 aliphatic rings. The van der Waals surface area contributed by atoms with E-state index in [9.17, 15) is 4.79 Å². The first-order valence-electron chi connectivity index (χ1n) is 6.31. The highest BCUT2D eigenvalue weighted by atomic mass is 79.9. The summed E-state index contributed by atoms with van der Waals surface area (Å²) in [7, 11) is 0. The number of benzene rings is 1. The molecule has 0 aliphatic carbocycles. The maximum Gasteiger partial charge on any atom is 0.225 e. The summed E-state index contributed by atoms with van der Waals surface area (Å²) < 4.78 is 0.928. The van der Waals surface area contributed by atoms with E-state index in [4.69, 9.17) is 5.73 Å². The second kappa shape index (κ2) is 6.52. The molecule has 5 heteroatoms. The van der Waals surface area contributed by atoms with Gasteiger partial charge in [0.05, 0.1) is 0 Å². The Labute approximate surface area is 126 Å². The van der Waals surface area contributed by atoms with E-state index in [0.29, 0.717) is 18.7 Å². The minimum absolute atomic E-state index is 0.0453. The van der Waals surface area contributed by atoms with Gasteiger partial charge in [-0.2, -0.15) is 0 Å². The number of nitrogens with one attached hydrogen (secondary N) is 1. The van der Waals surface area contributed by atoms with Gasteiger partial charge in [0.1, 0.15) is 5.82 Å². The molecule has 20 heavy (non-hydrogen) atoms. The minimum Gasteiger partial charge on any atom is -0.399 e. The fourth-order valence-electron chi connectivity index (χ4n) is 1.76. The van der Waals surface area contributed by atoms with E-state index in [0.717, 1.165) is 21.3 Å². The van der Waals surface area contributed by atoms with Crippen LogP contribution in [0, 0.1) is 6.92 Å². The molecule has 0 saturated carbocycles. The van der Waals surface area contributed by atoms with Crippen LogP contribution in [-0.4, -0.2) is 10.9 Å². The maximum atomic E-state index is 11.9. The van der Waals surface area contributed by atoms with E-state index < -0.39 is 0 Å². The van der Waals surface area contributed by atoms with E-state index in [1.807, 2.05) is 37.3 Å². The average Bonchev–Trinajstić information content (AvgIpc) is 2.42. The number of hydrogen-bond acceptors (Lipinski definition) is 3. The van der Waals surface area contributed by atoms with Crippen LogP contribution in [0.5, 0.6) is 0 Å². The molecular weight excluding hydrogens is 318 g/mol. The molecule has 0 radical (unpaired) electrons. The number of pyridine rings is 1. The number of amides is 1. The van der Waals surface area contributed by atoms with Gasteiger partial charge in [0, 0.05) is 22.8 Å². The van der Waals surface area contributed by atoms with Crippen molar-refractivity contribution in [3.63, 3.8) is 0 Å². The quantitative estimate of drug-likeness (QED) is 0.843. The van der Waals surface area contributed by atoms with Gasteiger partial charge in [-0.25, -0.2) is 4.98 Å². The van der Waals surface area contributed by atoms with Crippen LogP contribution in [0.25, 0.3) is 0 Å². The molecule has 0 saturated heterocycles. The molecule has 0 bridgehead atoms. The molecule has 3 N–H and O–H groups in total. The third-order valence-electron chi connectivity index (χ3n) is 2.93. The SMILES string of the molecule is Cc1cc(NC(=O)CCc2ccc(N)cc2)ncc1Br. The highest BCUT2D eigenvalue weighted by Crippen LogP contribution is 2.17. The Bertz CT molecular complexity index is 611. The number of rotatable bonds is 4. The van der Waals surface area contributed by atoms with Crippen LogP contribution < -0.4 is 11.1 Å². The fourth-order valence-corrected chi connectivity index (χ4v) is 1.97. The number of carbonyl (C=O) groups is 1. The average molecular weight is 334 g/mol. The normalized spacial score (nSPS) is 10.3. The number of halogens is 1. The number of aryl methyl sites for hydroxylation is 2. The summed E-state index contributed by atoms with van der Waals surface area (Å²) in [6.45, 7) is 1.95. The van der Waals surface area contributed by atoms with Crippen molar-refractivity contribution in [3.05, 3.63) is 52.1 Å². The number of nitrogens with zero attached hydrogens (tertiary/aromatic N) is 1. The highest BCUT2D eigenvalue weighted by Gasteiger charge is 2.05. The Balaban J connectivity index is 1.89. The summed E-state index contributed by atoms with van der Waals surface area (Å²) >= 11 is 3.38. The number of hydrogen-bond donors (Lipinski definition) is 2. The molecule has 1 heterocycles. The van der Waals surface area contributed by atoms with Crippen molar-refractivity contribution in [2.75, 3.05) is 11.1 Å². The van der Waals surface area contributed by atoms with E-state index >= 15 is 0 Å². The molecule has 1 amide bonds. The van der Waals surface area contributed by atoms with Crippen molar-refractivity contribution in [3.8, 4) is 0 Å². The first-order valence-corrected chi connectivity index (χ1v) is 7.10. The topological polar surface area (TPSA) is 68.0 Å². The number of anilines is 2. The van der Waals surface area contributed by atoms with Gasteiger partial charge in [-0.05, 0) is 58.6 Å². The number of nitrogen functional groups attached to an aromatic ring is 1. The molecule has 1 aromatic carbocycles. The summed E-state index contributed by atoms with van der Waals surface area (Å²) in [6, 6.07) is 9.39. The zero-order valence-corrected chi connectivity index (χ0v) is 12.8. The fraction of sp³-hybridized carbons (Fsp3) is 0.200. The lowest BCUT2D eigenvalue weighted by atomic mass is 10.1. The van der Waals surface area contributed by atoms with Crippen molar-refractivity contribution < 1.29 is 4.79 Å². The van der Waals surface area contributed by atoms with Crippen LogP contribution in [0.2, 0.25) is 0 Å². The van der Waals surface area contributed by atoms with Crippen LogP contribution in [-0.2, 0) is 11.2 Å². The second-order valence-corrected chi connectivity index (χ2v) is 5.46. The standard InChI is InChI=1S/C15H16BrN3O/c1-10-8-14(18-9-13(10)16)19-15(20)7-4-11-2-5-12(17)6-3-11/h2-3,5-6,8-9H,4,7,17H2,1H3,(H,18,19,20). The minimum atomic E-state index is -0.0453. The van der Waals surface area contributed by atoms with Crippen molar-refractivity contribution in [1.82, 2.24) is 4.98 Å². The molecule has 1 aromatic heterocycles. The first kappa shape index (κ1) is 14.5. The third-order valence-corrected chi connectivity index (χ3v) is 3.77. The number of nitrogens with two attached hydrogens (primary N) is 1. The van der Waals surface area contributed by atoms with Gasteiger partial charge in [0.15, 0.2) is 0 Å². The lowest BCUT2D eigenvalue weighted by molar-refractivity contribution is -0.116. The molecule has 104 valence electrons. The van der Waals surface area contributed by atoms with Crippen LogP contribution in [0.4, 0.5) is 11.5 Å². The predicted octanol–water partition coefficient (Wildman–Crippen LogP) is 3.31. The Hall–Kier alpha value is -1.88. The Morgan fingerprint density at radius 1 is 1.35 bits per heavy atom. The summed E-state index contributed by atoms with van der Waals surface area (Å²) in [5.41, 5.74) is 8.48. The molecular formula is C15H16BrN3O. The molecule has 0 spiro atoms. The van der Waals surface area contributed by atoms with E-state index in [1.165, 1.54) is 0 Å². The van der Waals surface area contributed by atoms with Gasteiger partial charge >= 0.3 is 0 Å². The Kier molecular flexibility index (Phi) is 4.74. The van der Waals surface area contributed by atoms with Crippen LogP contribution in [0.1, 0.15) is 17.5 Å². The monoisotopic (exact) mass is 333 g/mol. The lowest BCUT2D eigenvalue weighted by Gasteiger charge is -2.06. The maximum absolute atomic E-state index is 11.9. The van der Waals surface area contributed by atoms with Gasteiger partial charge in [0.2, 0.25) is 5.91 Å². The van der Waals surface area contributed by atoms with E-state index in [1.54, 1.807) is 6.20 Å². The molecule has 0 fully saturated rings. The summed E-state index contributed by atoms with van der Waals surface area (Å²) in [4.78, 5) is 16.0. The van der Waals surface area contributed by atoms with Gasteiger partial charge in [0.25, 0.3) is 0 Å². The van der Waals surface area contributed by atoms with Crippen molar-refractivity contribution in [2.45, 2.75) is 19.8 Å². The van der Waals surface area contributed by atoms with Crippen LogP contribution >= 0.6 is 15.9 Å². The lowest BCUT2D eigenvalue weighted by Crippen LogP contribution is -2.13. The zero-order valence-electron chi connectivity index (χ0n) is 11.2.